The highest BCUT2D eigenvalue weighted by atomic mass is 14.6. The number of rotatable bonds is 2. The zero-order valence-electron chi connectivity index (χ0n) is 9.09. The van der Waals surface area contributed by atoms with Gasteiger partial charge in [0.2, 0.25) is 0 Å². The molecule has 0 unspecified atom stereocenters. The molecule has 0 saturated carbocycles. The molecule has 0 bridgehead atoms. The van der Waals surface area contributed by atoms with Crippen LogP contribution in [0.25, 0.3) is 0 Å². The Morgan fingerprint density at radius 3 is 2.93 bits per heavy atom. The molecule has 0 spiro atoms. The fraction of sp³-hybridized carbons (Fsp3) is 0.538. The Balaban J connectivity index is 2.34. The van der Waals surface area contributed by atoms with E-state index in [0.29, 0.717) is 0 Å². The molecule has 0 saturated heterocycles. The minimum absolute atomic E-state index is 0.289. The average Bonchev–Trinajstić information content (AvgIpc) is 2.49. The lowest BCUT2D eigenvalue weighted by Gasteiger charge is -2.11. The first kappa shape index (κ1) is 9.72. The zero-order chi connectivity index (χ0) is 10.1. The van der Waals surface area contributed by atoms with Crippen molar-refractivity contribution in [2.75, 3.05) is 0 Å². The number of benzene rings is 1. The SMILES string of the molecule is CC(C)Cc1cccc2c1CC[C@H]2N. The Labute approximate surface area is 86.3 Å². The third-order valence-corrected chi connectivity index (χ3v) is 3.04. The van der Waals surface area contributed by atoms with E-state index in [0.717, 1.165) is 12.3 Å². The van der Waals surface area contributed by atoms with Crippen LogP contribution in [-0.2, 0) is 12.8 Å². The summed E-state index contributed by atoms with van der Waals surface area (Å²) < 4.78 is 0. The molecule has 0 aromatic heterocycles. The van der Waals surface area contributed by atoms with E-state index in [-0.39, 0.29) is 6.04 Å². The van der Waals surface area contributed by atoms with E-state index in [9.17, 15) is 0 Å². The molecule has 1 aliphatic carbocycles. The summed E-state index contributed by atoms with van der Waals surface area (Å²) in [6, 6.07) is 6.90. The summed E-state index contributed by atoms with van der Waals surface area (Å²) >= 11 is 0. The molecule has 1 heteroatoms. The number of hydrogen-bond donors (Lipinski definition) is 1. The molecule has 2 rings (SSSR count). The van der Waals surface area contributed by atoms with E-state index in [1.807, 2.05) is 0 Å². The fourth-order valence-corrected chi connectivity index (χ4v) is 2.39. The van der Waals surface area contributed by atoms with E-state index in [1.54, 1.807) is 0 Å². The van der Waals surface area contributed by atoms with Crippen molar-refractivity contribution in [1.82, 2.24) is 0 Å². The van der Waals surface area contributed by atoms with Crippen LogP contribution in [0.3, 0.4) is 0 Å². The van der Waals surface area contributed by atoms with Crippen molar-refractivity contribution in [3.63, 3.8) is 0 Å². The maximum absolute atomic E-state index is 6.05. The van der Waals surface area contributed by atoms with Crippen LogP contribution in [0.15, 0.2) is 18.2 Å². The predicted molar refractivity (Wildman–Crippen MR) is 60.2 cm³/mol. The highest BCUT2D eigenvalue weighted by Crippen LogP contribution is 2.32. The topological polar surface area (TPSA) is 26.0 Å². The van der Waals surface area contributed by atoms with Gasteiger partial charge in [0.05, 0.1) is 0 Å². The van der Waals surface area contributed by atoms with Crippen LogP contribution >= 0.6 is 0 Å². The van der Waals surface area contributed by atoms with Gasteiger partial charge in [-0.2, -0.15) is 0 Å². The Morgan fingerprint density at radius 2 is 2.21 bits per heavy atom. The quantitative estimate of drug-likeness (QED) is 0.760. The smallest absolute Gasteiger partial charge is 0.0300 e. The first-order chi connectivity index (χ1) is 6.68. The summed E-state index contributed by atoms with van der Waals surface area (Å²) in [7, 11) is 0. The summed E-state index contributed by atoms with van der Waals surface area (Å²) in [4.78, 5) is 0. The van der Waals surface area contributed by atoms with Crippen LogP contribution in [0.2, 0.25) is 0 Å². The lowest BCUT2D eigenvalue weighted by Crippen LogP contribution is -2.05. The van der Waals surface area contributed by atoms with Crippen LogP contribution in [0.1, 0.15) is 43.0 Å². The summed E-state index contributed by atoms with van der Waals surface area (Å²) in [6.45, 7) is 4.54. The Hall–Kier alpha value is -0.820. The molecule has 1 nitrogen and oxygen atoms in total. The molecular formula is C13H19N. The standard InChI is InChI=1S/C13H19N/c1-9(2)8-10-4-3-5-12-11(10)6-7-13(12)14/h3-5,9,13H,6-8,14H2,1-2H3/t13-/m1/s1. The summed E-state index contributed by atoms with van der Waals surface area (Å²) in [5.74, 6) is 0.735. The van der Waals surface area contributed by atoms with Gasteiger partial charge in [0.25, 0.3) is 0 Å². The van der Waals surface area contributed by atoms with Crippen molar-refractivity contribution < 1.29 is 0 Å². The molecule has 2 N–H and O–H groups in total. The van der Waals surface area contributed by atoms with Crippen LogP contribution in [-0.4, -0.2) is 0 Å². The Kier molecular flexibility index (Phi) is 2.60. The highest BCUT2D eigenvalue weighted by Gasteiger charge is 2.21. The molecule has 1 aliphatic rings. The second kappa shape index (κ2) is 3.74. The van der Waals surface area contributed by atoms with Crippen LogP contribution in [0.4, 0.5) is 0 Å². The van der Waals surface area contributed by atoms with E-state index in [4.69, 9.17) is 5.73 Å². The normalized spacial score (nSPS) is 20.1. The predicted octanol–water partition coefficient (Wildman–Crippen LogP) is 2.83. The second-order valence-corrected chi connectivity index (χ2v) is 4.73. The number of nitrogens with two attached hydrogens (primary N) is 1. The monoisotopic (exact) mass is 189 g/mol. The van der Waals surface area contributed by atoms with E-state index >= 15 is 0 Å². The van der Waals surface area contributed by atoms with Crippen molar-refractivity contribution in [3.05, 3.63) is 34.9 Å². The number of hydrogen-bond acceptors (Lipinski definition) is 1. The third kappa shape index (κ3) is 1.69. The zero-order valence-corrected chi connectivity index (χ0v) is 9.09. The molecule has 1 aromatic rings. The maximum Gasteiger partial charge on any atom is 0.0300 e. The third-order valence-electron chi connectivity index (χ3n) is 3.04. The summed E-state index contributed by atoms with van der Waals surface area (Å²) in [6.07, 6.45) is 3.50. The van der Waals surface area contributed by atoms with Gasteiger partial charge in [-0.3, -0.25) is 0 Å². The molecule has 1 aromatic carbocycles. The minimum Gasteiger partial charge on any atom is -0.324 e. The lowest BCUT2D eigenvalue weighted by atomic mass is 9.95. The molecule has 0 heterocycles. The molecule has 76 valence electrons. The van der Waals surface area contributed by atoms with Crippen molar-refractivity contribution in [1.29, 1.82) is 0 Å². The van der Waals surface area contributed by atoms with E-state index in [1.165, 1.54) is 29.5 Å². The van der Waals surface area contributed by atoms with Gasteiger partial charge in [-0.15, -0.1) is 0 Å². The van der Waals surface area contributed by atoms with Crippen molar-refractivity contribution in [2.24, 2.45) is 11.7 Å². The van der Waals surface area contributed by atoms with Gasteiger partial charge in [-0.1, -0.05) is 32.0 Å². The van der Waals surface area contributed by atoms with Gasteiger partial charge in [0, 0.05) is 6.04 Å². The Bertz CT molecular complexity index is 328. The highest BCUT2D eigenvalue weighted by molar-refractivity contribution is 5.40. The first-order valence-corrected chi connectivity index (χ1v) is 5.54. The first-order valence-electron chi connectivity index (χ1n) is 5.54. The molecule has 0 radical (unpaired) electrons. The fourth-order valence-electron chi connectivity index (χ4n) is 2.39. The van der Waals surface area contributed by atoms with E-state index < -0.39 is 0 Å². The number of fused-ring (bicyclic) bond motifs is 1. The maximum atomic E-state index is 6.05. The van der Waals surface area contributed by atoms with Crippen molar-refractivity contribution >= 4 is 0 Å². The second-order valence-electron chi connectivity index (χ2n) is 4.73. The Morgan fingerprint density at radius 1 is 1.43 bits per heavy atom. The minimum atomic E-state index is 0.289. The molecule has 0 aliphatic heterocycles. The van der Waals surface area contributed by atoms with Gasteiger partial charge in [-0.25, -0.2) is 0 Å². The van der Waals surface area contributed by atoms with Gasteiger partial charge < -0.3 is 5.73 Å². The van der Waals surface area contributed by atoms with Crippen LogP contribution in [0.5, 0.6) is 0 Å². The molecular weight excluding hydrogens is 170 g/mol. The summed E-state index contributed by atoms with van der Waals surface area (Å²) in [5, 5.41) is 0. The molecule has 1 atom stereocenters. The van der Waals surface area contributed by atoms with Crippen LogP contribution < -0.4 is 5.73 Å². The van der Waals surface area contributed by atoms with Gasteiger partial charge >= 0.3 is 0 Å². The van der Waals surface area contributed by atoms with E-state index in [2.05, 4.69) is 32.0 Å². The van der Waals surface area contributed by atoms with Crippen molar-refractivity contribution in [2.45, 2.75) is 39.2 Å². The molecule has 14 heavy (non-hydrogen) atoms. The van der Waals surface area contributed by atoms with Crippen LogP contribution in [0, 0.1) is 5.92 Å². The van der Waals surface area contributed by atoms with Gasteiger partial charge in [-0.05, 0) is 41.9 Å². The lowest BCUT2D eigenvalue weighted by molar-refractivity contribution is 0.643. The van der Waals surface area contributed by atoms with Gasteiger partial charge in [0.15, 0.2) is 0 Å². The molecule has 0 amide bonds. The largest absolute Gasteiger partial charge is 0.324 e. The van der Waals surface area contributed by atoms with Gasteiger partial charge in [0.1, 0.15) is 0 Å². The summed E-state index contributed by atoms with van der Waals surface area (Å²) in [5.41, 5.74) is 10.5. The molecule has 0 fully saturated rings. The average molecular weight is 189 g/mol. The van der Waals surface area contributed by atoms with Crippen molar-refractivity contribution in [3.8, 4) is 0 Å².